The Bertz CT molecular complexity index is 1370. The maximum atomic E-state index is 12.3. The fourth-order valence-corrected chi connectivity index (χ4v) is 6.79. The number of ether oxygens (including phenoxy) is 1. The quantitative estimate of drug-likeness (QED) is 0.0200. The molecule has 0 saturated carbocycles. The van der Waals surface area contributed by atoms with Crippen LogP contribution in [0.15, 0.2) is 85.1 Å². The molecule has 0 radical (unpaired) electrons. The van der Waals surface area contributed by atoms with E-state index < -0.39 is 57.6 Å². The molecule has 0 aliphatic heterocycles. The molecule has 0 fully saturated rings. The summed E-state index contributed by atoms with van der Waals surface area (Å²) in [5, 5.41) is 21.9. The third-order valence-electron chi connectivity index (χ3n) is 9.67. The lowest BCUT2D eigenvalue weighted by molar-refractivity contribution is -0.147. The van der Waals surface area contributed by atoms with E-state index in [2.05, 4.69) is 104 Å². The van der Waals surface area contributed by atoms with E-state index >= 15 is 0 Å². The number of hydrogen-bond acceptors (Lipinski definition) is 8. The number of carboxylic acid groups (broad SMARTS) is 1. The largest absolute Gasteiger partial charge is 0.480 e. The van der Waals surface area contributed by atoms with Crippen LogP contribution in [-0.4, -0.2) is 64.9 Å². The molecule has 0 aliphatic carbocycles. The number of carbonyl (C=O) groups is 3. The molecule has 0 aliphatic rings. The van der Waals surface area contributed by atoms with Crippen LogP contribution in [0, 0.1) is 0 Å². The van der Waals surface area contributed by atoms with Crippen molar-refractivity contribution < 1.29 is 47.8 Å². The van der Waals surface area contributed by atoms with Gasteiger partial charge < -0.3 is 25.2 Å². The van der Waals surface area contributed by atoms with Gasteiger partial charge in [0.15, 0.2) is 6.04 Å². The van der Waals surface area contributed by atoms with Gasteiger partial charge in [-0.15, -0.1) is 0 Å². The first kappa shape index (κ1) is 58.7. The highest BCUT2D eigenvalue weighted by atomic mass is 31.2. The number of phosphoric ester groups is 1. The van der Waals surface area contributed by atoms with Gasteiger partial charge in [-0.2, -0.15) is 0 Å². The number of unbranched alkanes of at least 4 members (excludes halogenated alkanes) is 15. The van der Waals surface area contributed by atoms with Gasteiger partial charge in [-0.1, -0.05) is 163 Å². The van der Waals surface area contributed by atoms with E-state index in [0.29, 0.717) is 12.8 Å². The van der Waals surface area contributed by atoms with E-state index in [1.165, 1.54) is 38.5 Å². The number of aliphatic hydroxyl groups is 1. The first-order chi connectivity index (χ1) is 30.1. The van der Waals surface area contributed by atoms with Crippen molar-refractivity contribution in [3.05, 3.63) is 85.1 Å². The van der Waals surface area contributed by atoms with E-state index in [1.807, 2.05) is 0 Å². The van der Waals surface area contributed by atoms with E-state index in [9.17, 15) is 34.1 Å². The Hall–Kier alpha value is -3.34. The summed E-state index contributed by atoms with van der Waals surface area (Å²) in [6.07, 6.45) is 54.6. The Kier molecular flexibility index (Phi) is 41.9. The highest BCUT2D eigenvalue weighted by Crippen LogP contribution is 2.43. The summed E-state index contributed by atoms with van der Waals surface area (Å²) >= 11 is 0. The Morgan fingerprint density at radius 3 is 1.42 bits per heavy atom. The highest BCUT2D eigenvalue weighted by Gasteiger charge is 2.28. The molecule has 0 rings (SSSR count). The molecule has 12 heteroatoms. The number of phosphoric acid groups is 1. The third kappa shape index (κ3) is 43.3. The van der Waals surface area contributed by atoms with Crippen LogP contribution in [0.2, 0.25) is 0 Å². The maximum Gasteiger partial charge on any atom is 0.472 e. The van der Waals surface area contributed by atoms with Crippen molar-refractivity contribution in [1.82, 2.24) is 5.32 Å². The van der Waals surface area contributed by atoms with Gasteiger partial charge in [0.05, 0.1) is 13.2 Å². The van der Waals surface area contributed by atoms with Crippen LogP contribution in [-0.2, 0) is 32.7 Å². The number of carboxylic acids is 1. The average molecular weight is 890 g/mol. The lowest BCUT2D eigenvalue weighted by Gasteiger charge is -2.18. The molecular formula is C50H84NO10P. The lowest BCUT2D eigenvalue weighted by atomic mass is 10.1. The Labute approximate surface area is 375 Å². The Balaban J connectivity index is 3.96. The molecule has 354 valence electrons. The molecule has 0 aromatic carbocycles. The van der Waals surface area contributed by atoms with Gasteiger partial charge in [0.1, 0.15) is 12.7 Å². The summed E-state index contributed by atoms with van der Waals surface area (Å²) in [5.74, 6) is -2.43. The van der Waals surface area contributed by atoms with Crippen LogP contribution in [0.4, 0.5) is 0 Å². The van der Waals surface area contributed by atoms with Crippen molar-refractivity contribution in [3.8, 4) is 0 Å². The summed E-state index contributed by atoms with van der Waals surface area (Å²) in [6.45, 7) is 2.44. The zero-order valence-corrected chi connectivity index (χ0v) is 39.3. The van der Waals surface area contributed by atoms with Gasteiger partial charge in [-0.25, -0.2) is 9.36 Å². The molecule has 11 nitrogen and oxygen atoms in total. The zero-order chi connectivity index (χ0) is 45.6. The topological polar surface area (TPSA) is 169 Å². The minimum atomic E-state index is -4.77. The van der Waals surface area contributed by atoms with Crippen LogP contribution in [0.25, 0.3) is 0 Å². The first-order valence-corrected chi connectivity index (χ1v) is 25.1. The zero-order valence-electron chi connectivity index (χ0n) is 38.4. The van der Waals surface area contributed by atoms with Crippen LogP contribution in [0.3, 0.4) is 0 Å². The molecule has 0 heterocycles. The summed E-state index contributed by atoms with van der Waals surface area (Å²) in [7, 11) is -4.77. The first-order valence-electron chi connectivity index (χ1n) is 23.6. The number of rotatable bonds is 43. The molecule has 0 aromatic rings. The molecule has 3 unspecified atom stereocenters. The molecule has 1 amide bonds. The summed E-state index contributed by atoms with van der Waals surface area (Å²) in [6, 6.07) is -1.57. The standard InChI is InChI=1S/C50H84NO10P/c1-3-5-7-9-11-13-15-17-19-20-21-22-23-24-25-26-28-29-31-33-35-37-39-41-48(53)51-47(50(55)56)45-61-62(57,58)60-44-46(52)43-59-49(54)42-40-38-36-34-32-30-27-18-16-14-12-10-8-6-4-2/h5,7,11,13,17-19,21-22,24-25,27-29,46-47,52H,3-4,6,8-10,12,14-16,20,23,26,30-45H2,1-2H3,(H,51,53)(H,55,56)(H,57,58)/b7-5-,13-11-,19-17-,22-21-,25-24-,27-18-,29-28-. The fourth-order valence-electron chi connectivity index (χ4n) is 6.02. The molecule has 0 saturated heterocycles. The predicted octanol–water partition coefficient (Wildman–Crippen LogP) is 12.7. The number of allylic oxidation sites excluding steroid dienone is 14. The van der Waals surface area contributed by atoms with Crippen molar-refractivity contribution in [2.75, 3.05) is 19.8 Å². The molecular weight excluding hydrogens is 806 g/mol. The second-order valence-corrected chi connectivity index (χ2v) is 17.0. The van der Waals surface area contributed by atoms with Crippen molar-refractivity contribution >= 4 is 25.7 Å². The van der Waals surface area contributed by atoms with Crippen molar-refractivity contribution in [2.45, 2.75) is 193 Å². The van der Waals surface area contributed by atoms with Crippen molar-refractivity contribution in [2.24, 2.45) is 0 Å². The van der Waals surface area contributed by atoms with Gasteiger partial charge in [-0.05, 0) is 89.9 Å². The maximum absolute atomic E-state index is 12.3. The van der Waals surface area contributed by atoms with Gasteiger partial charge in [0.25, 0.3) is 0 Å². The molecule has 0 spiro atoms. The number of nitrogens with one attached hydrogen (secondary N) is 1. The summed E-state index contributed by atoms with van der Waals surface area (Å²) in [4.78, 5) is 46.0. The van der Waals surface area contributed by atoms with Crippen LogP contribution in [0.1, 0.15) is 181 Å². The number of esters is 1. The Morgan fingerprint density at radius 1 is 0.532 bits per heavy atom. The molecule has 4 N–H and O–H groups in total. The predicted molar refractivity (Wildman–Crippen MR) is 254 cm³/mol. The van der Waals surface area contributed by atoms with Crippen molar-refractivity contribution in [3.63, 3.8) is 0 Å². The van der Waals surface area contributed by atoms with Crippen LogP contribution in [0.5, 0.6) is 0 Å². The van der Waals surface area contributed by atoms with Gasteiger partial charge in [0.2, 0.25) is 5.91 Å². The monoisotopic (exact) mass is 890 g/mol. The lowest BCUT2D eigenvalue weighted by Crippen LogP contribution is -2.43. The van der Waals surface area contributed by atoms with Crippen LogP contribution >= 0.6 is 7.82 Å². The third-order valence-corrected chi connectivity index (χ3v) is 10.6. The second kappa shape index (κ2) is 44.3. The molecule has 0 bridgehead atoms. The average Bonchev–Trinajstić information content (AvgIpc) is 3.25. The summed E-state index contributed by atoms with van der Waals surface area (Å²) < 4.78 is 26.9. The highest BCUT2D eigenvalue weighted by molar-refractivity contribution is 7.47. The molecule has 0 aromatic heterocycles. The summed E-state index contributed by atoms with van der Waals surface area (Å²) in [5.41, 5.74) is 0. The Morgan fingerprint density at radius 2 is 0.935 bits per heavy atom. The smallest absolute Gasteiger partial charge is 0.472 e. The normalized spacial score (nSPS) is 14.4. The second-order valence-electron chi connectivity index (χ2n) is 15.6. The minimum absolute atomic E-state index is 0.110. The minimum Gasteiger partial charge on any atom is -0.480 e. The van der Waals surface area contributed by atoms with E-state index in [0.717, 1.165) is 103 Å². The molecule has 3 atom stereocenters. The number of hydrogen-bond donors (Lipinski definition) is 4. The fraction of sp³-hybridized carbons (Fsp3) is 0.660. The van der Waals surface area contributed by atoms with E-state index in [-0.39, 0.29) is 12.8 Å². The molecule has 62 heavy (non-hydrogen) atoms. The SMILES string of the molecule is CC/C=C\C/C=C\C/C=C\C/C=C\C/C=C\C/C=C\CCCCCCC(=O)NC(COP(=O)(O)OCC(O)COC(=O)CCCCCCC/C=C\CCCCCCCC)C(=O)O. The number of aliphatic hydroxyl groups excluding tert-OH is 1. The van der Waals surface area contributed by atoms with E-state index in [1.54, 1.807) is 0 Å². The van der Waals surface area contributed by atoms with Crippen LogP contribution < -0.4 is 5.32 Å². The number of carbonyl (C=O) groups excluding carboxylic acids is 2. The van der Waals surface area contributed by atoms with E-state index in [4.69, 9.17) is 13.8 Å². The number of amides is 1. The van der Waals surface area contributed by atoms with Gasteiger partial charge in [-0.3, -0.25) is 18.6 Å². The van der Waals surface area contributed by atoms with Gasteiger partial charge in [0, 0.05) is 12.8 Å². The van der Waals surface area contributed by atoms with Gasteiger partial charge >= 0.3 is 19.8 Å². The van der Waals surface area contributed by atoms with Crippen molar-refractivity contribution in [1.29, 1.82) is 0 Å². The number of aliphatic carboxylic acids is 1.